The predicted octanol–water partition coefficient (Wildman–Crippen LogP) is 2.83. The third kappa shape index (κ3) is 1.85. The van der Waals surface area contributed by atoms with Crippen molar-refractivity contribution in [2.45, 2.75) is 6.54 Å². The molecule has 4 heteroatoms. The molecule has 1 aromatic heterocycles. The number of rotatable bonds is 2. The summed E-state index contributed by atoms with van der Waals surface area (Å²) in [6.07, 6.45) is 1.46. The Labute approximate surface area is 89.5 Å². The van der Waals surface area contributed by atoms with Crippen LogP contribution in [0.25, 0.3) is 0 Å². The van der Waals surface area contributed by atoms with Crippen LogP contribution in [0.4, 0.5) is 4.39 Å². The monoisotopic (exact) mass is 254 g/mol. The van der Waals surface area contributed by atoms with Crippen LogP contribution in [0.1, 0.15) is 5.56 Å². The fraction of sp³-hybridized carbons (Fsp3) is 0.100. The third-order valence-electron chi connectivity index (χ3n) is 1.91. The number of hydrogen-bond donors (Lipinski definition) is 0. The van der Waals surface area contributed by atoms with Gasteiger partial charge in [-0.25, -0.2) is 4.68 Å². The molecule has 0 bridgehead atoms. The first-order valence-corrected chi connectivity index (χ1v) is 4.97. The average molecular weight is 255 g/mol. The molecule has 0 radical (unpaired) electrons. The Bertz CT molecular complexity index is 425. The van der Waals surface area contributed by atoms with Gasteiger partial charge in [0.15, 0.2) is 0 Å². The lowest BCUT2D eigenvalue weighted by molar-refractivity contribution is 0.477. The first kappa shape index (κ1) is 9.40. The van der Waals surface area contributed by atoms with Crippen molar-refractivity contribution < 1.29 is 4.39 Å². The molecule has 2 aromatic rings. The van der Waals surface area contributed by atoms with E-state index in [9.17, 15) is 4.39 Å². The SMILES string of the molecule is Fc1c(Br)cnn1Cc1ccccc1. The van der Waals surface area contributed by atoms with Crippen LogP contribution in [-0.2, 0) is 6.54 Å². The minimum Gasteiger partial charge on any atom is -0.234 e. The summed E-state index contributed by atoms with van der Waals surface area (Å²) in [5, 5.41) is 3.91. The van der Waals surface area contributed by atoms with E-state index in [1.807, 2.05) is 30.3 Å². The van der Waals surface area contributed by atoms with Crippen LogP contribution >= 0.6 is 15.9 Å². The zero-order chi connectivity index (χ0) is 9.97. The van der Waals surface area contributed by atoms with Gasteiger partial charge in [-0.2, -0.15) is 9.49 Å². The molecular formula is C10H8BrFN2. The maximum atomic E-state index is 13.3. The van der Waals surface area contributed by atoms with E-state index in [1.165, 1.54) is 10.9 Å². The van der Waals surface area contributed by atoms with Crippen LogP contribution in [0.3, 0.4) is 0 Å². The van der Waals surface area contributed by atoms with Crippen LogP contribution in [0.2, 0.25) is 0 Å². The van der Waals surface area contributed by atoms with Gasteiger partial charge in [0.1, 0.15) is 0 Å². The lowest BCUT2D eigenvalue weighted by Gasteiger charge is -2.01. The van der Waals surface area contributed by atoms with E-state index >= 15 is 0 Å². The quantitative estimate of drug-likeness (QED) is 0.806. The highest BCUT2D eigenvalue weighted by molar-refractivity contribution is 9.10. The summed E-state index contributed by atoms with van der Waals surface area (Å²) < 4.78 is 15.0. The van der Waals surface area contributed by atoms with Crippen molar-refractivity contribution in [3.05, 3.63) is 52.5 Å². The molecule has 0 amide bonds. The van der Waals surface area contributed by atoms with E-state index in [4.69, 9.17) is 0 Å². The summed E-state index contributed by atoms with van der Waals surface area (Å²) in [6, 6.07) is 9.65. The fourth-order valence-corrected chi connectivity index (χ4v) is 1.51. The van der Waals surface area contributed by atoms with E-state index in [0.717, 1.165) is 5.56 Å². The summed E-state index contributed by atoms with van der Waals surface area (Å²) in [7, 11) is 0. The second kappa shape index (κ2) is 3.92. The number of hydrogen-bond acceptors (Lipinski definition) is 1. The van der Waals surface area contributed by atoms with E-state index in [1.54, 1.807) is 0 Å². The summed E-state index contributed by atoms with van der Waals surface area (Å²) in [5.41, 5.74) is 1.03. The normalized spacial score (nSPS) is 10.4. The van der Waals surface area contributed by atoms with E-state index in [-0.39, 0.29) is 5.95 Å². The highest BCUT2D eigenvalue weighted by Crippen LogP contribution is 2.14. The van der Waals surface area contributed by atoms with Crippen molar-refractivity contribution in [1.29, 1.82) is 0 Å². The molecule has 72 valence electrons. The summed E-state index contributed by atoms with van der Waals surface area (Å²) in [4.78, 5) is 0. The number of aromatic nitrogens is 2. The topological polar surface area (TPSA) is 17.8 Å². The minimum absolute atomic E-state index is 0.339. The van der Waals surface area contributed by atoms with Gasteiger partial charge in [0.25, 0.3) is 0 Å². The zero-order valence-electron chi connectivity index (χ0n) is 7.32. The van der Waals surface area contributed by atoms with Crippen LogP contribution in [-0.4, -0.2) is 9.78 Å². The molecule has 0 aliphatic heterocycles. The molecule has 0 unspecified atom stereocenters. The van der Waals surface area contributed by atoms with Crippen molar-refractivity contribution >= 4 is 15.9 Å². The molecule has 0 saturated carbocycles. The van der Waals surface area contributed by atoms with Gasteiger partial charge >= 0.3 is 0 Å². The van der Waals surface area contributed by atoms with Crippen LogP contribution in [0.15, 0.2) is 41.0 Å². The van der Waals surface area contributed by atoms with Crippen molar-refractivity contribution in [1.82, 2.24) is 9.78 Å². The molecule has 1 aromatic carbocycles. The molecule has 14 heavy (non-hydrogen) atoms. The van der Waals surface area contributed by atoms with Gasteiger partial charge in [-0.3, -0.25) is 0 Å². The first-order chi connectivity index (χ1) is 6.77. The molecule has 0 saturated heterocycles. The second-order valence-electron chi connectivity index (χ2n) is 2.93. The Morgan fingerprint density at radius 1 is 1.29 bits per heavy atom. The smallest absolute Gasteiger partial charge is 0.226 e. The fourth-order valence-electron chi connectivity index (χ4n) is 1.21. The molecule has 2 rings (SSSR count). The number of halogens is 2. The highest BCUT2D eigenvalue weighted by Gasteiger charge is 2.07. The van der Waals surface area contributed by atoms with Crippen LogP contribution in [0, 0.1) is 5.95 Å². The summed E-state index contributed by atoms with van der Waals surface area (Å²) >= 11 is 3.07. The maximum Gasteiger partial charge on any atom is 0.226 e. The zero-order valence-corrected chi connectivity index (χ0v) is 8.91. The number of nitrogens with zero attached hydrogens (tertiary/aromatic N) is 2. The van der Waals surface area contributed by atoms with Gasteiger partial charge < -0.3 is 0 Å². The predicted molar refractivity (Wildman–Crippen MR) is 55.4 cm³/mol. The Morgan fingerprint density at radius 2 is 2.00 bits per heavy atom. The lowest BCUT2D eigenvalue weighted by atomic mass is 10.2. The molecule has 0 fully saturated rings. The van der Waals surface area contributed by atoms with Gasteiger partial charge in [0.05, 0.1) is 17.2 Å². The van der Waals surface area contributed by atoms with Crippen molar-refractivity contribution in [3.8, 4) is 0 Å². The molecule has 1 heterocycles. The minimum atomic E-state index is -0.339. The highest BCUT2D eigenvalue weighted by atomic mass is 79.9. The van der Waals surface area contributed by atoms with Crippen molar-refractivity contribution in [3.63, 3.8) is 0 Å². The first-order valence-electron chi connectivity index (χ1n) is 4.18. The number of benzene rings is 1. The Morgan fingerprint density at radius 3 is 2.57 bits per heavy atom. The van der Waals surface area contributed by atoms with E-state index < -0.39 is 0 Å². The Balaban J connectivity index is 2.23. The molecule has 0 atom stereocenters. The van der Waals surface area contributed by atoms with Gasteiger partial charge in [-0.05, 0) is 21.5 Å². The average Bonchev–Trinajstić information content (AvgIpc) is 2.52. The molecule has 2 nitrogen and oxygen atoms in total. The van der Waals surface area contributed by atoms with E-state index in [0.29, 0.717) is 11.0 Å². The molecular weight excluding hydrogens is 247 g/mol. The summed E-state index contributed by atoms with van der Waals surface area (Å²) in [6.45, 7) is 0.457. The molecule has 0 N–H and O–H groups in total. The molecule has 0 aliphatic carbocycles. The van der Waals surface area contributed by atoms with Gasteiger partial charge in [0.2, 0.25) is 5.95 Å². The second-order valence-corrected chi connectivity index (χ2v) is 3.78. The van der Waals surface area contributed by atoms with Gasteiger partial charge in [-0.1, -0.05) is 30.3 Å². The standard InChI is InChI=1S/C10H8BrFN2/c11-9-6-13-14(10(9)12)7-8-4-2-1-3-5-8/h1-6H,7H2. The largest absolute Gasteiger partial charge is 0.234 e. The van der Waals surface area contributed by atoms with Gasteiger partial charge in [-0.15, -0.1) is 0 Å². The van der Waals surface area contributed by atoms with Crippen molar-refractivity contribution in [2.75, 3.05) is 0 Å². The lowest BCUT2D eigenvalue weighted by Crippen LogP contribution is -2.04. The third-order valence-corrected chi connectivity index (χ3v) is 2.44. The van der Waals surface area contributed by atoms with Gasteiger partial charge in [0, 0.05) is 0 Å². The molecule has 0 spiro atoms. The Kier molecular flexibility index (Phi) is 2.63. The van der Waals surface area contributed by atoms with E-state index in [2.05, 4.69) is 21.0 Å². The van der Waals surface area contributed by atoms with Crippen molar-refractivity contribution in [2.24, 2.45) is 0 Å². The maximum absolute atomic E-state index is 13.3. The van der Waals surface area contributed by atoms with Crippen LogP contribution < -0.4 is 0 Å². The summed E-state index contributed by atoms with van der Waals surface area (Å²) in [5.74, 6) is -0.339. The van der Waals surface area contributed by atoms with Crippen LogP contribution in [0.5, 0.6) is 0 Å². The Hall–Kier alpha value is -1.16. The molecule has 0 aliphatic rings.